The molecule has 1 aliphatic rings. The van der Waals surface area contributed by atoms with Gasteiger partial charge in [0.15, 0.2) is 0 Å². The summed E-state index contributed by atoms with van der Waals surface area (Å²) < 4.78 is 0. The molecule has 0 aliphatic heterocycles. The Hall–Kier alpha value is -2.05. The Balaban J connectivity index is 2.14. The number of rotatable bonds is 2. The van der Waals surface area contributed by atoms with Gasteiger partial charge in [-0.25, -0.2) is 4.99 Å². The van der Waals surface area contributed by atoms with Crippen LogP contribution in [0.1, 0.15) is 5.56 Å². The minimum Gasteiger partial charge on any atom is -0.508 e. The van der Waals surface area contributed by atoms with Crippen molar-refractivity contribution in [3.8, 4) is 5.75 Å². The predicted octanol–water partition coefficient (Wildman–Crippen LogP) is 2.42. The van der Waals surface area contributed by atoms with Crippen molar-refractivity contribution in [3.05, 3.63) is 59.5 Å². The number of hydrogen-bond donors (Lipinski definition) is 1. The Labute approximate surface area is 82.2 Å². The molecule has 0 spiro atoms. The van der Waals surface area contributed by atoms with Crippen molar-refractivity contribution in [2.24, 2.45) is 4.99 Å². The number of phenols is 1. The normalized spacial score (nSPS) is 13.9. The van der Waals surface area contributed by atoms with E-state index in [-0.39, 0.29) is 5.75 Å². The van der Waals surface area contributed by atoms with Gasteiger partial charge in [0.1, 0.15) is 11.4 Å². The summed E-state index contributed by atoms with van der Waals surface area (Å²) in [5, 5.41) is 9.06. The Morgan fingerprint density at radius 2 is 2.00 bits per heavy atom. The predicted molar refractivity (Wildman–Crippen MR) is 56.4 cm³/mol. The largest absolute Gasteiger partial charge is 0.508 e. The standard InChI is InChI=1S/C12H9NO/c14-12-7-5-10(6-8-12)9-13-11-3-1-2-4-11/h1-3,5-9,14H. The minimum absolute atomic E-state index is 0.266. The summed E-state index contributed by atoms with van der Waals surface area (Å²) in [4.78, 5) is 4.20. The van der Waals surface area contributed by atoms with E-state index < -0.39 is 0 Å². The SMILES string of the molecule is Oc1ccc(C=NC2=C=CC=C2)cc1. The maximum Gasteiger partial charge on any atom is 0.115 e. The first kappa shape index (κ1) is 8.54. The number of aliphatic imine (C=N–C) groups is 1. The van der Waals surface area contributed by atoms with Gasteiger partial charge in [0.25, 0.3) is 0 Å². The number of benzene rings is 1. The molecule has 0 atom stereocenters. The van der Waals surface area contributed by atoms with Gasteiger partial charge in [-0.05, 0) is 42.0 Å². The first-order chi connectivity index (χ1) is 6.84. The summed E-state index contributed by atoms with van der Waals surface area (Å²) >= 11 is 0. The lowest BCUT2D eigenvalue weighted by Crippen LogP contribution is -1.79. The van der Waals surface area contributed by atoms with Crippen molar-refractivity contribution in [3.63, 3.8) is 0 Å². The van der Waals surface area contributed by atoms with E-state index in [2.05, 4.69) is 10.7 Å². The molecule has 1 aromatic carbocycles. The number of nitrogens with zero attached hydrogens (tertiary/aromatic N) is 1. The van der Waals surface area contributed by atoms with Crippen LogP contribution in [0.3, 0.4) is 0 Å². The van der Waals surface area contributed by atoms with E-state index in [0.29, 0.717) is 0 Å². The van der Waals surface area contributed by atoms with E-state index in [4.69, 9.17) is 5.11 Å². The highest BCUT2D eigenvalue weighted by Gasteiger charge is 1.90. The van der Waals surface area contributed by atoms with Crippen LogP contribution in [0.2, 0.25) is 0 Å². The smallest absolute Gasteiger partial charge is 0.115 e. The average molecular weight is 183 g/mol. The van der Waals surface area contributed by atoms with Crippen molar-refractivity contribution in [2.45, 2.75) is 0 Å². The second-order valence-corrected chi connectivity index (χ2v) is 2.91. The maximum absolute atomic E-state index is 9.06. The third kappa shape index (κ3) is 2.00. The Bertz CT molecular complexity index is 446. The summed E-state index contributed by atoms with van der Waals surface area (Å²) in [6.07, 6.45) is 7.34. The quantitative estimate of drug-likeness (QED) is 0.554. The molecule has 68 valence electrons. The fourth-order valence-corrected chi connectivity index (χ4v) is 1.11. The number of hydrogen-bond acceptors (Lipinski definition) is 2. The van der Waals surface area contributed by atoms with E-state index >= 15 is 0 Å². The molecule has 0 saturated heterocycles. The number of aromatic hydroxyl groups is 1. The maximum atomic E-state index is 9.06. The van der Waals surface area contributed by atoms with Crippen molar-refractivity contribution in [1.29, 1.82) is 0 Å². The average Bonchev–Trinajstić information content (AvgIpc) is 2.70. The fourth-order valence-electron chi connectivity index (χ4n) is 1.11. The van der Waals surface area contributed by atoms with E-state index in [1.165, 1.54) is 0 Å². The van der Waals surface area contributed by atoms with E-state index in [9.17, 15) is 0 Å². The third-order valence-electron chi connectivity index (χ3n) is 1.83. The van der Waals surface area contributed by atoms with Gasteiger partial charge >= 0.3 is 0 Å². The van der Waals surface area contributed by atoms with Gasteiger partial charge in [0.2, 0.25) is 0 Å². The molecule has 14 heavy (non-hydrogen) atoms. The number of allylic oxidation sites excluding steroid dienone is 2. The Morgan fingerprint density at radius 1 is 1.21 bits per heavy atom. The first-order valence-electron chi connectivity index (χ1n) is 4.31. The molecule has 0 amide bonds. The second kappa shape index (κ2) is 3.77. The summed E-state index contributed by atoms with van der Waals surface area (Å²) in [5.41, 5.74) is 4.75. The molecule has 2 nitrogen and oxygen atoms in total. The Kier molecular flexibility index (Phi) is 2.30. The lowest BCUT2D eigenvalue weighted by molar-refractivity contribution is 0.475. The molecule has 0 bridgehead atoms. The van der Waals surface area contributed by atoms with Crippen LogP contribution < -0.4 is 0 Å². The van der Waals surface area contributed by atoms with Crippen LogP contribution in [-0.2, 0) is 0 Å². The highest BCUT2D eigenvalue weighted by atomic mass is 16.3. The zero-order valence-electron chi connectivity index (χ0n) is 7.51. The van der Waals surface area contributed by atoms with Crippen LogP contribution in [-0.4, -0.2) is 11.3 Å². The monoisotopic (exact) mass is 183 g/mol. The van der Waals surface area contributed by atoms with Crippen LogP contribution in [0.5, 0.6) is 5.75 Å². The Morgan fingerprint density at radius 3 is 2.64 bits per heavy atom. The highest BCUT2D eigenvalue weighted by Crippen LogP contribution is 2.09. The van der Waals surface area contributed by atoms with Gasteiger partial charge < -0.3 is 5.11 Å². The summed E-state index contributed by atoms with van der Waals surface area (Å²) in [6, 6.07) is 6.88. The zero-order valence-corrected chi connectivity index (χ0v) is 7.51. The molecule has 0 saturated carbocycles. The first-order valence-corrected chi connectivity index (χ1v) is 4.31. The lowest BCUT2D eigenvalue weighted by Gasteiger charge is -1.92. The molecule has 0 radical (unpaired) electrons. The van der Waals surface area contributed by atoms with Crippen LogP contribution in [0.25, 0.3) is 0 Å². The van der Waals surface area contributed by atoms with E-state index in [0.717, 1.165) is 11.3 Å². The summed E-state index contributed by atoms with van der Waals surface area (Å²) in [6.45, 7) is 0. The fraction of sp³-hybridized carbons (Fsp3) is 0. The second-order valence-electron chi connectivity index (χ2n) is 2.91. The van der Waals surface area contributed by atoms with Crippen LogP contribution in [0, 0.1) is 0 Å². The van der Waals surface area contributed by atoms with Crippen molar-refractivity contribution in [1.82, 2.24) is 0 Å². The topological polar surface area (TPSA) is 32.6 Å². The van der Waals surface area contributed by atoms with Crippen LogP contribution >= 0.6 is 0 Å². The van der Waals surface area contributed by atoms with Gasteiger partial charge in [0.05, 0.1) is 0 Å². The van der Waals surface area contributed by atoms with Crippen LogP contribution in [0.4, 0.5) is 0 Å². The van der Waals surface area contributed by atoms with Gasteiger partial charge in [-0.15, -0.1) is 0 Å². The molecule has 0 aromatic heterocycles. The van der Waals surface area contributed by atoms with Gasteiger partial charge in [-0.2, -0.15) is 0 Å². The third-order valence-corrected chi connectivity index (χ3v) is 1.83. The van der Waals surface area contributed by atoms with E-state index in [1.807, 2.05) is 30.4 Å². The molecule has 2 heteroatoms. The summed E-state index contributed by atoms with van der Waals surface area (Å²) in [7, 11) is 0. The molecule has 1 aliphatic carbocycles. The lowest BCUT2D eigenvalue weighted by atomic mass is 10.2. The van der Waals surface area contributed by atoms with E-state index in [1.54, 1.807) is 18.3 Å². The van der Waals surface area contributed by atoms with Crippen molar-refractivity contribution < 1.29 is 5.11 Å². The van der Waals surface area contributed by atoms with Crippen molar-refractivity contribution in [2.75, 3.05) is 0 Å². The highest BCUT2D eigenvalue weighted by molar-refractivity contribution is 5.80. The zero-order chi connectivity index (χ0) is 9.80. The molecular weight excluding hydrogens is 174 g/mol. The van der Waals surface area contributed by atoms with Crippen LogP contribution in [0.15, 0.2) is 58.9 Å². The molecule has 0 heterocycles. The number of phenolic OH excluding ortho intramolecular Hbond substituents is 1. The van der Waals surface area contributed by atoms with Gasteiger partial charge in [0, 0.05) is 6.21 Å². The molecule has 1 aromatic rings. The summed E-state index contributed by atoms with van der Waals surface area (Å²) in [5.74, 6) is 0.266. The molecule has 2 rings (SSSR count). The minimum atomic E-state index is 0.266. The van der Waals surface area contributed by atoms with Crippen molar-refractivity contribution >= 4 is 6.21 Å². The molecule has 1 N–H and O–H groups in total. The molecule has 0 unspecified atom stereocenters. The van der Waals surface area contributed by atoms with Gasteiger partial charge in [-0.1, -0.05) is 11.8 Å². The van der Waals surface area contributed by atoms with Gasteiger partial charge in [-0.3, -0.25) is 0 Å². The molecular formula is C12H9NO. The molecule has 0 fully saturated rings.